The molecule has 6 nitrogen and oxygen atoms in total. The van der Waals surface area contributed by atoms with E-state index in [0.717, 1.165) is 45.0 Å². The number of rotatable bonds is 5. The maximum Gasteiger partial charge on any atom is 0.252 e. The quantitative estimate of drug-likeness (QED) is 0.780. The van der Waals surface area contributed by atoms with Gasteiger partial charge in [-0.25, -0.2) is 0 Å². The molecule has 148 valence electrons. The molecule has 0 radical (unpaired) electrons. The lowest BCUT2D eigenvalue weighted by molar-refractivity contribution is -0.146. The average molecular weight is 406 g/mol. The summed E-state index contributed by atoms with van der Waals surface area (Å²) < 4.78 is 11.0. The molecule has 3 rings (SSSR count). The molecule has 0 aliphatic carbocycles. The van der Waals surface area contributed by atoms with Crippen molar-refractivity contribution in [3.8, 4) is 0 Å². The van der Waals surface area contributed by atoms with Crippen molar-refractivity contribution >= 4 is 36.4 Å². The van der Waals surface area contributed by atoms with Crippen LogP contribution in [0.2, 0.25) is 0 Å². The fourth-order valence-corrected chi connectivity index (χ4v) is 3.46. The van der Waals surface area contributed by atoms with E-state index in [1.165, 1.54) is 5.69 Å². The van der Waals surface area contributed by atoms with Gasteiger partial charge in [0.05, 0.1) is 13.2 Å². The minimum Gasteiger partial charge on any atom is -0.378 e. The highest BCUT2D eigenvalue weighted by atomic mass is 35.5. The topological polar surface area (TPSA) is 62.8 Å². The summed E-state index contributed by atoms with van der Waals surface area (Å²) in [6, 6.07) is 8.25. The van der Waals surface area contributed by atoms with Crippen molar-refractivity contribution in [2.24, 2.45) is 0 Å². The Balaban J connectivity index is 0.00000169. The molecule has 26 heavy (non-hydrogen) atoms. The lowest BCUT2D eigenvalue weighted by Gasteiger charge is -2.35. The van der Waals surface area contributed by atoms with Crippen LogP contribution in [0.4, 0.5) is 5.69 Å². The van der Waals surface area contributed by atoms with E-state index in [-0.39, 0.29) is 30.7 Å². The second-order valence-electron chi connectivity index (χ2n) is 6.36. The molecule has 0 spiro atoms. The summed E-state index contributed by atoms with van der Waals surface area (Å²) in [6.45, 7) is 5.42. The number of hydrogen-bond donors (Lipinski definition) is 2. The van der Waals surface area contributed by atoms with E-state index in [9.17, 15) is 4.79 Å². The summed E-state index contributed by atoms with van der Waals surface area (Å²) in [4.78, 5) is 15.0. The van der Waals surface area contributed by atoms with E-state index in [2.05, 4.69) is 27.7 Å². The van der Waals surface area contributed by atoms with Crippen molar-refractivity contribution in [2.45, 2.75) is 25.0 Å². The molecule has 0 atom stereocenters. The molecule has 2 saturated heterocycles. The van der Waals surface area contributed by atoms with Crippen molar-refractivity contribution in [1.29, 1.82) is 0 Å². The number of piperidine rings is 1. The summed E-state index contributed by atoms with van der Waals surface area (Å²) >= 11 is 0. The number of halogens is 2. The Bertz CT molecular complexity index is 562. The Morgan fingerprint density at radius 1 is 1.23 bits per heavy atom. The smallest absolute Gasteiger partial charge is 0.252 e. The number of hydrogen-bond acceptors (Lipinski definition) is 5. The molecule has 2 N–H and O–H groups in total. The van der Waals surface area contributed by atoms with Gasteiger partial charge in [-0.05, 0) is 37.6 Å². The first-order chi connectivity index (χ1) is 11.7. The maximum absolute atomic E-state index is 12.7. The van der Waals surface area contributed by atoms with Gasteiger partial charge in [-0.3, -0.25) is 4.79 Å². The summed E-state index contributed by atoms with van der Waals surface area (Å²) in [6.07, 6.45) is 1.42. The maximum atomic E-state index is 12.7. The third-order valence-corrected chi connectivity index (χ3v) is 5.00. The standard InChI is InChI=1S/C18H27N3O3.2ClH/c1-23-18(6-8-19-9-7-18)17(22)20-14-15-4-2-3-5-16(15)21-10-12-24-13-11-21;;/h2-5,19H,6-14H2,1H3,(H,20,22);2*1H. The normalized spacial score (nSPS) is 19.0. The number of benzene rings is 1. The zero-order chi connectivity index (χ0) is 16.8. The van der Waals surface area contributed by atoms with Crippen LogP contribution in [0.3, 0.4) is 0 Å². The van der Waals surface area contributed by atoms with Crippen LogP contribution in [0.1, 0.15) is 18.4 Å². The molecule has 2 fully saturated rings. The molecule has 1 amide bonds. The third kappa shape index (κ3) is 5.24. The molecule has 1 aromatic rings. The number of methoxy groups -OCH3 is 1. The SMILES string of the molecule is COC1(C(=O)NCc2ccccc2N2CCOCC2)CCNCC1.Cl.Cl. The number of morpholine rings is 1. The first kappa shape index (κ1) is 23.0. The average Bonchev–Trinajstić information content (AvgIpc) is 2.67. The van der Waals surface area contributed by atoms with Gasteiger partial charge in [0.1, 0.15) is 5.60 Å². The minimum atomic E-state index is -0.695. The fourth-order valence-electron chi connectivity index (χ4n) is 3.46. The molecular weight excluding hydrogens is 377 g/mol. The Labute approximate surface area is 167 Å². The number of nitrogens with one attached hydrogen (secondary N) is 2. The van der Waals surface area contributed by atoms with Gasteiger partial charge >= 0.3 is 0 Å². The van der Waals surface area contributed by atoms with Gasteiger partial charge in [-0.15, -0.1) is 24.8 Å². The van der Waals surface area contributed by atoms with Crippen LogP contribution in [-0.4, -0.2) is 58.0 Å². The molecule has 2 heterocycles. The molecule has 0 bridgehead atoms. The van der Waals surface area contributed by atoms with Gasteiger partial charge in [0.25, 0.3) is 5.91 Å². The number of anilines is 1. The van der Waals surface area contributed by atoms with Crippen molar-refractivity contribution in [1.82, 2.24) is 10.6 Å². The van der Waals surface area contributed by atoms with Crippen molar-refractivity contribution in [2.75, 3.05) is 51.4 Å². The molecule has 2 aliphatic rings. The summed E-state index contributed by atoms with van der Waals surface area (Å²) in [5.41, 5.74) is 1.62. The highest BCUT2D eigenvalue weighted by Crippen LogP contribution is 2.24. The van der Waals surface area contributed by atoms with Gasteiger partial charge in [-0.1, -0.05) is 18.2 Å². The molecule has 2 aliphatic heterocycles. The molecule has 0 aromatic heterocycles. The Morgan fingerprint density at radius 2 is 1.88 bits per heavy atom. The molecule has 0 saturated carbocycles. The summed E-state index contributed by atoms with van der Waals surface area (Å²) in [5.74, 6) is -0.0109. The van der Waals surface area contributed by atoms with Crippen molar-refractivity contribution in [3.05, 3.63) is 29.8 Å². The van der Waals surface area contributed by atoms with E-state index < -0.39 is 5.60 Å². The van der Waals surface area contributed by atoms with Crippen molar-refractivity contribution < 1.29 is 14.3 Å². The van der Waals surface area contributed by atoms with Crippen LogP contribution in [0.25, 0.3) is 0 Å². The van der Waals surface area contributed by atoms with Crippen LogP contribution in [0, 0.1) is 0 Å². The first-order valence-corrected chi connectivity index (χ1v) is 8.70. The van der Waals surface area contributed by atoms with Gasteiger partial charge < -0.3 is 25.0 Å². The molecule has 1 aromatic carbocycles. The van der Waals surface area contributed by atoms with Crippen molar-refractivity contribution in [3.63, 3.8) is 0 Å². The minimum absolute atomic E-state index is 0. The lowest BCUT2D eigenvalue weighted by atomic mass is 9.91. The van der Waals surface area contributed by atoms with Crippen LogP contribution < -0.4 is 15.5 Å². The Hall–Kier alpha value is -1.05. The van der Waals surface area contributed by atoms with Crippen LogP contribution in [0.15, 0.2) is 24.3 Å². The molecular formula is C18H29Cl2N3O3. The van der Waals surface area contributed by atoms with Crippen LogP contribution >= 0.6 is 24.8 Å². The number of ether oxygens (including phenoxy) is 2. The second-order valence-corrected chi connectivity index (χ2v) is 6.36. The van der Waals surface area contributed by atoms with E-state index in [0.29, 0.717) is 19.4 Å². The predicted octanol–water partition coefficient (Wildman–Crippen LogP) is 1.75. The second kappa shape index (κ2) is 10.9. The van der Waals surface area contributed by atoms with Gasteiger partial charge in [0.2, 0.25) is 0 Å². The van der Waals surface area contributed by atoms with E-state index >= 15 is 0 Å². The van der Waals surface area contributed by atoms with Crippen LogP contribution in [0.5, 0.6) is 0 Å². The van der Waals surface area contributed by atoms with Gasteiger partial charge in [-0.2, -0.15) is 0 Å². The number of carbonyl (C=O) groups is 1. The first-order valence-electron chi connectivity index (χ1n) is 8.70. The zero-order valence-electron chi connectivity index (χ0n) is 15.2. The number of amides is 1. The van der Waals surface area contributed by atoms with Gasteiger partial charge in [0.15, 0.2) is 0 Å². The highest BCUT2D eigenvalue weighted by Gasteiger charge is 2.39. The van der Waals surface area contributed by atoms with E-state index in [4.69, 9.17) is 9.47 Å². The lowest BCUT2D eigenvalue weighted by Crippen LogP contribution is -2.54. The van der Waals surface area contributed by atoms with Crippen LogP contribution in [-0.2, 0) is 20.8 Å². The van der Waals surface area contributed by atoms with E-state index in [1.807, 2.05) is 12.1 Å². The number of carbonyl (C=O) groups excluding carboxylic acids is 1. The largest absolute Gasteiger partial charge is 0.378 e. The molecule has 8 heteroatoms. The molecule has 0 unspecified atom stereocenters. The monoisotopic (exact) mass is 405 g/mol. The fraction of sp³-hybridized carbons (Fsp3) is 0.611. The summed E-state index contributed by atoms with van der Waals surface area (Å²) in [5, 5.41) is 6.37. The number of para-hydroxylation sites is 1. The number of nitrogens with zero attached hydrogens (tertiary/aromatic N) is 1. The Morgan fingerprint density at radius 3 is 2.54 bits per heavy atom. The zero-order valence-corrected chi connectivity index (χ0v) is 16.8. The Kier molecular flexibility index (Phi) is 9.68. The van der Waals surface area contributed by atoms with E-state index in [1.54, 1.807) is 7.11 Å². The van der Waals surface area contributed by atoms with Gasteiger partial charge in [0, 0.05) is 32.4 Å². The highest BCUT2D eigenvalue weighted by molar-refractivity contribution is 5.86. The third-order valence-electron chi connectivity index (χ3n) is 5.00. The summed E-state index contributed by atoms with van der Waals surface area (Å²) in [7, 11) is 1.63. The predicted molar refractivity (Wildman–Crippen MR) is 108 cm³/mol.